The molecule has 0 aliphatic heterocycles. The van der Waals surface area contributed by atoms with Crippen molar-refractivity contribution < 1.29 is 17.6 Å². The van der Waals surface area contributed by atoms with Crippen LogP contribution in [0.4, 0.5) is 10.1 Å². The lowest BCUT2D eigenvalue weighted by molar-refractivity contribution is 0.0827. The van der Waals surface area contributed by atoms with Gasteiger partial charge in [-0.25, -0.2) is 12.8 Å². The number of anilines is 1. The van der Waals surface area contributed by atoms with Crippen molar-refractivity contribution in [2.24, 2.45) is 0 Å². The van der Waals surface area contributed by atoms with Gasteiger partial charge in [-0.3, -0.25) is 9.10 Å². The van der Waals surface area contributed by atoms with Crippen molar-refractivity contribution >= 4 is 33.2 Å². The van der Waals surface area contributed by atoms with Gasteiger partial charge in [0.25, 0.3) is 15.9 Å². The maximum Gasteiger partial charge on any atom is 0.264 e. The molecule has 0 atom stereocenters. The third-order valence-electron chi connectivity index (χ3n) is 3.42. The van der Waals surface area contributed by atoms with Crippen LogP contribution in [0.5, 0.6) is 0 Å². The van der Waals surface area contributed by atoms with Crippen molar-refractivity contribution in [2.75, 3.05) is 25.4 Å². The second-order valence-electron chi connectivity index (χ2n) is 5.29. The summed E-state index contributed by atoms with van der Waals surface area (Å²) in [6.45, 7) is 0. The van der Waals surface area contributed by atoms with E-state index in [0.717, 1.165) is 4.31 Å². The number of hydrogen-bond acceptors (Lipinski definition) is 3. The zero-order valence-electron chi connectivity index (χ0n) is 13.3. The summed E-state index contributed by atoms with van der Waals surface area (Å²) >= 11 is 6.00. The monoisotopic (exact) mass is 370 g/mol. The minimum absolute atomic E-state index is 0.0797. The average Bonchev–Trinajstić information content (AvgIpc) is 2.54. The first kappa shape index (κ1) is 18.2. The van der Waals surface area contributed by atoms with Crippen molar-refractivity contribution in [1.82, 2.24) is 4.90 Å². The van der Waals surface area contributed by atoms with E-state index in [4.69, 9.17) is 11.6 Å². The molecule has 0 spiro atoms. The molecule has 0 aliphatic carbocycles. The molecule has 5 nitrogen and oxygen atoms in total. The first-order valence-corrected chi connectivity index (χ1v) is 8.72. The zero-order valence-corrected chi connectivity index (χ0v) is 14.9. The quantitative estimate of drug-likeness (QED) is 0.831. The molecule has 0 aliphatic rings. The summed E-state index contributed by atoms with van der Waals surface area (Å²) < 4.78 is 39.5. The average molecular weight is 371 g/mol. The van der Waals surface area contributed by atoms with Crippen molar-refractivity contribution in [2.45, 2.75) is 4.90 Å². The lowest BCUT2D eigenvalue weighted by atomic mass is 10.2. The molecule has 2 rings (SSSR count). The third kappa shape index (κ3) is 3.52. The Bertz CT molecular complexity index is 867. The molecule has 0 heterocycles. The van der Waals surface area contributed by atoms with E-state index in [-0.39, 0.29) is 15.5 Å². The lowest BCUT2D eigenvalue weighted by Gasteiger charge is -2.20. The first-order valence-electron chi connectivity index (χ1n) is 6.90. The fourth-order valence-electron chi connectivity index (χ4n) is 2.02. The van der Waals surface area contributed by atoms with E-state index in [1.165, 1.54) is 54.4 Å². The van der Waals surface area contributed by atoms with Gasteiger partial charge in [0, 0.05) is 21.1 Å². The van der Waals surface area contributed by atoms with Gasteiger partial charge in [0.05, 0.1) is 21.2 Å². The van der Waals surface area contributed by atoms with Gasteiger partial charge in [0.2, 0.25) is 0 Å². The van der Waals surface area contributed by atoms with E-state index >= 15 is 0 Å². The summed E-state index contributed by atoms with van der Waals surface area (Å²) in [7, 11) is 0.522. The molecule has 1 amide bonds. The highest BCUT2D eigenvalue weighted by molar-refractivity contribution is 7.92. The summed E-state index contributed by atoms with van der Waals surface area (Å²) in [6.07, 6.45) is 0. The molecule has 0 bridgehead atoms. The number of sulfonamides is 1. The summed E-state index contributed by atoms with van der Waals surface area (Å²) in [5.74, 6) is -0.864. The number of benzene rings is 2. The molecule has 2 aromatic carbocycles. The first-order chi connectivity index (χ1) is 11.1. The van der Waals surface area contributed by atoms with Crippen LogP contribution in [0.1, 0.15) is 10.4 Å². The maximum absolute atomic E-state index is 13.0. The van der Waals surface area contributed by atoms with Crippen molar-refractivity contribution in [3.05, 3.63) is 58.9 Å². The Morgan fingerprint density at radius 1 is 1.04 bits per heavy atom. The minimum Gasteiger partial charge on any atom is -0.345 e. The van der Waals surface area contributed by atoms with Crippen LogP contribution in [0.3, 0.4) is 0 Å². The fourth-order valence-corrected chi connectivity index (χ4v) is 3.44. The van der Waals surface area contributed by atoms with Crippen LogP contribution in [-0.4, -0.2) is 40.4 Å². The predicted molar refractivity (Wildman–Crippen MR) is 91.5 cm³/mol. The maximum atomic E-state index is 13.0. The number of amides is 1. The van der Waals surface area contributed by atoms with Crippen molar-refractivity contribution in [3.8, 4) is 0 Å². The second-order valence-corrected chi connectivity index (χ2v) is 7.67. The molecule has 0 saturated carbocycles. The van der Waals surface area contributed by atoms with E-state index in [2.05, 4.69) is 0 Å². The normalized spacial score (nSPS) is 11.2. The van der Waals surface area contributed by atoms with Gasteiger partial charge < -0.3 is 4.90 Å². The van der Waals surface area contributed by atoms with Crippen LogP contribution in [0.15, 0.2) is 47.4 Å². The molecule has 0 unspecified atom stereocenters. The van der Waals surface area contributed by atoms with Gasteiger partial charge in [0.15, 0.2) is 0 Å². The molecule has 128 valence electrons. The van der Waals surface area contributed by atoms with E-state index < -0.39 is 21.7 Å². The van der Waals surface area contributed by atoms with Gasteiger partial charge in [-0.1, -0.05) is 11.6 Å². The molecule has 0 N–H and O–H groups in total. The third-order valence-corrected chi connectivity index (χ3v) is 5.53. The predicted octanol–water partition coefficient (Wildman–Crippen LogP) is 3.01. The number of carbonyl (C=O) groups is 1. The number of nitrogens with zero attached hydrogens (tertiary/aromatic N) is 2. The van der Waals surface area contributed by atoms with Gasteiger partial charge >= 0.3 is 0 Å². The molecule has 0 aromatic heterocycles. The molecule has 0 saturated heterocycles. The SMILES string of the molecule is CN(C)C(=O)c1cc(S(=O)(=O)N(C)c2ccc(F)cc2)ccc1Cl. The Morgan fingerprint density at radius 3 is 2.17 bits per heavy atom. The molecule has 2 aromatic rings. The zero-order chi connectivity index (χ0) is 18.1. The number of rotatable bonds is 4. The molecule has 24 heavy (non-hydrogen) atoms. The standard InChI is InChI=1S/C16H16ClFN2O3S/c1-19(2)16(21)14-10-13(8-9-15(14)17)24(22,23)20(3)12-6-4-11(18)5-7-12/h4-10H,1-3H3. The van der Waals surface area contributed by atoms with Gasteiger partial charge in [0.1, 0.15) is 5.82 Å². The molecular weight excluding hydrogens is 355 g/mol. The summed E-state index contributed by atoms with van der Waals surface area (Å²) in [6, 6.07) is 8.98. The molecule has 0 radical (unpaired) electrons. The number of hydrogen-bond donors (Lipinski definition) is 0. The number of carbonyl (C=O) groups excluding carboxylic acids is 1. The molecule has 0 fully saturated rings. The highest BCUT2D eigenvalue weighted by Gasteiger charge is 2.24. The highest BCUT2D eigenvalue weighted by atomic mass is 35.5. The Labute approximate surface area is 145 Å². The van der Waals surface area contributed by atoms with Crippen molar-refractivity contribution in [3.63, 3.8) is 0 Å². The highest BCUT2D eigenvalue weighted by Crippen LogP contribution is 2.26. The van der Waals surface area contributed by atoms with E-state index in [1.54, 1.807) is 14.1 Å². The minimum atomic E-state index is -3.92. The van der Waals surface area contributed by atoms with Crippen LogP contribution in [-0.2, 0) is 10.0 Å². The van der Waals surface area contributed by atoms with Crippen LogP contribution in [0.2, 0.25) is 5.02 Å². The van der Waals surface area contributed by atoms with Gasteiger partial charge in [-0.2, -0.15) is 0 Å². The topological polar surface area (TPSA) is 57.7 Å². The summed E-state index contributed by atoms with van der Waals surface area (Å²) in [5, 5.41) is 0.164. The Morgan fingerprint density at radius 2 is 1.62 bits per heavy atom. The summed E-state index contributed by atoms with van der Waals surface area (Å²) in [4.78, 5) is 13.3. The summed E-state index contributed by atoms with van der Waals surface area (Å²) in [5.41, 5.74) is 0.391. The van der Waals surface area contributed by atoms with Crippen LogP contribution < -0.4 is 4.31 Å². The smallest absolute Gasteiger partial charge is 0.264 e. The Balaban J connectivity index is 2.47. The van der Waals surface area contributed by atoms with E-state index in [0.29, 0.717) is 5.69 Å². The Kier molecular flexibility index (Phi) is 5.15. The van der Waals surface area contributed by atoms with Gasteiger partial charge in [-0.05, 0) is 42.5 Å². The molecular formula is C16H16ClFN2O3S. The van der Waals surface area contributed by atoms with E-state index in [9.17, 15) is 17.6 Å². The molecule has 8 heteroatoms. The van der Waals surface area contributed by atoms with Gasteiger partial charge in [-0.15, -0.1) is 0 Å². The Hall–Kier alpha value is -2.12. The number of halogens is 2. The van der Waals surface area contributed by atoms with Crippen LogP contribution >= 0.6 is 11.6 Å². The lowest BCUT2D eigenvalue weighted by Crippen LogP contribution is -2.27. The van der Waals surface area contributed by atoms with E-state index in [1.807, 2.05) is 0 Å². The van der Waals surface area contributed by atoms with Crippen molar-refractivity contribution in [1.29, 1.82) is 0 Å². The fraction of sp³-hybridized carbons (Fsp3) is 0.188. The van der Waals surface area contributed by atoms with Crippen LogP contribution in [0.25, 0.3) is 0 Å². The second kappa shape index (κ2) is 6.78. The largest absolute Gasteiger partial charge is 0.345 e. The van der Waals surface area contributed by atoms with Crippen LogP contribution in [0, 0.1) is 5.82 Å².